The quantitative estimate of drug-likeness (QED) is 0.606. The molecule has 4 heterocycles. The van der Waals surface area contributed by atoms with Gasteiger partial charge in [-0.15, -0.1) is 0 Å². The number of nitrogens with one attached hydrogen (secondary N) is 1. The van der Waals surface area contributed by atoms with Gasteiger partial charge in [-0.1, -0.05) is 13.3 Å². The van der Waals surface area contributed by atoms with Crippen molar-refractivity contribution in [3.63, 3.8) is 0 Å². The van der Waals surface area contributed by atoms with Gasteiger partial charge in [0.25, 0.3) is 5.56 Å². The topological polar surface area (TPSA) is 115 Å². The summed E-state index contributed by atoms with van der Waals surface area (Å²) in [6.45, 7) is 3.01. The van der Waals surface area contributed by atoms with Crippen LogP contribution in [0, 0.1) is 5.92 Å². The molecular formula is C22H29N7O3S. The van der Waals surface area contributed by atoms with Gasteiger partial charge in [0, 0.05) is 56.1 Å². The molecule has 0 amide bonds. The Bertz CT molecular complexity index is 1330. The highest BCUT2D eigenvalue weighted by atomic mass is 32.2. The van der Waals surface area contributed by atoms with E-state index in [1.807, 2.05) is 4.57 Å². The van der Waals surface area contributed by atoms with E-state index in [9.17, 15) is 13.2 Å². The molecule has 1 aliphatic carbocycles. The molecule has 1 N–H and O–H groups in total. The molecule has 1 aliphatic heterocycles. The fourth-order valence-electron chi connectivity index (χ4n) is 5.04. The van der Waals surface area contributed by atoms with E-state index in [4.69, 9.17) is 4.98 Å². The second-order valence-corrected chi connectivity index (χ2v) is 11.1. The summed E-state index contributed by atoms with van der Waals surface area (Å²) >= 11 is 0. The van der Waals surface area contributed by atoms with Crippen molar-refractivity contribution >= 4 is 27.0 Å². The third-order valence-electron chi connectivity index (χ3n) is 6.92. The third-order valence-corrected chi connectivity index (χ3v) is 8.77. The molecule has 33 heavy (non-hydrogen) atoms. The van der Waals surface area contributed by atoms with Crippen molar-refractivity contribution in [3.05, 3.63) is 41.1 Å². The molecule has 0 bridgehead atoms. The lowest BCUT2D eigenvalue weighted by atomic mass is 10.1. The Labute approximate surface area is 192 Å². The predicted octanol–water partition coefficient (Wildman–Crippen LogP) is 2.15. The first kappa shape index (κ1) is 22.0. The van der Waals surface area contributed by atoms with E-state index in [1.165, 1.54) is 21.4 Å². The van der Waals surface area contributed by atoms with Crippen LogP contribution in [-0.2, 0) is 17.1 Å². The molecule has 1 saturated carbocycles. The number of piperidine rings is 1. The molecule has 2 atom stereocenters. The standard InChI is InChI=1S/C22H29N7O3S/c1-15-4-3-5-19(15)29-20(30)7-6-16-12-23-22(26-21(16)29)25-17-8-10-28(11-9-17)33(31,32)18-13-24-27(2)14-18/h6-7,12-15,17,19H,3-5,8-11H2,1-2H3,(H,23,25,26)/t15-,19+/m0/s1. The van der Waals surface area contributed by atoms with Crippen molar-refractivity contribution in [2.75, 3.05) is 18.4 Å². The van der Waals surface area contributed by atoms with Crippen molar-refractivity contribution < 1.29 is 8.42 Å². The highest BCUT2D eigenvalue weighted by Crippen LogP contribution is 2.35. The molecule has 2 aliphatic rings. The van der Waals surface area contributed by atoms with Crippen LogP contribution in [0.1, 0.15) is 45.1 Å². The summed E-state index contributed by atoms with van der Waals surface area (Å²) in [5, 5.41) is 8.18. The Balaban J connectivity index is 1.33. The highest BCUT2D eigenvalue weighted by molar-refractivity contribution is 7.89. The Morgan fingerprint density at radius 3 is 2.55 bits per heavy atom. The Hall–Kier alpha value is -2.79. The van der Waals surface area contributed by atoms with Crippen LogP contribution in [0.2, 0.25) is 0 Å². The summed E-state index contributed by atoms with van der Waals surface area (Å²) < 4.78 is 30.5. The van der Waals surface area contributed by atoms with Gasteiger partial charge in [-0.05, 0) is 37.7 Å². The van der Waals surface area contributed by atoms with Crippen LogP contribution in [0.3, 0.4) is 0 Å². The van der Waals surface area contributed by atoms with Crippen LogP contribution < -0.4 is 10.9 Å². The lowest BCUT2D eigenvalue weighted by Gasteiger charge is -2.31. The van der Waals surface area contributed by atoms with Crippen LogP contribution in [0.4, 0.5) is 5.95 Å². The van der Waals surface area contributed by atoms with Crippen LogP contribution in [-0.4, -0.2) is 56.2 Å². The van der Waals surface area contributed by atoms with Crippen molar-refractivity contribution in [1.82, 2.24) is 28.6 Å². The second kappa shape index (κ2) is 8.53. The second-order valence-electron chi connectivity index (χ2n) is 9.16. The molecule has 11 heteroatoms. The summed E-state index contributed by atoms with van der Waals surface area (Å²) in [6.07, 6.45) is 9.15. The molecule has 2 fully saturated rings. The van der Waals surface area contributed by atoms with E-state index >= 15 is 0 Å². The zero-order chi connectivity index (χ0) is 23.2. The SMILES string of the molecule is C[C@H]1CCC[C@H]1n1c(=O)ccc2cnc(NC3CCN(S(=O)(=O)c4cnn(C)c4)CC3)nc21. The summed E-state index contributed by atoms with van der Waals surface area (Å²) in [5.74, 6) is 0.909. The van der Waals surface area contributed by atoms with Gasteiger partial charge in [0.15, 0.2) is 0 Å². The van der Waals surface area contributed by atoms with Crippen LogP contribution in [0.25, 0.3) is 11.0 Å². The number of hydrogen-bond acceptors (Lipinski definition) is 7. The largest absolute Gasteiger partial charge is 0.351 e. The smallest absolute Gasteiger partial charge is 0.252 e. The van der Waals surface area contributed by atoms with Crippen molar-refractivity contribution in [1.29, 1.82) is 0 Å². The zero-order valence-electron chi connectivity index (χ0n) is 18.9. The number of fused-ring (bicyclic) bond motifs is 1. The van der Waals surface area contributed by atoms with Crippen LogP contribution in [0.5, 0.6) is 0 Å². The molecular weight excluding hydrogens is 442 g/mol. The number of nitrogens with zero attached hydrogens (tertiary/aromatic N) is 6. The number of pyridine rings is 1. The number of rotatable bonds is 5. The van der Waals surface area contributed by atoms with Gasteiger partial charge in [0.1, 0.15) is 10.5 Å². The van der Waals surface area contributed by atoms with E-state index in [1.54, 1.807) is 25.4 Å². The molecule has 0 unspecified atom stereocenters. The molecule has 3 aromatic heterocycles. The number of aromatic nitrogens is 5. The first-order chi connectivity index (χ1) is 15.8. The van der Waals surface area contributed by atoms with E-state index in [-0.39, 0.29) is 22.5 Å². The van der Waals surface area contributed by atoms with E-state index in [0.717, 1.165) is 24.6 Å². The summed E-state index contributed by atoms with van der Waals surface area (Å²) in [5.41, 5.74) is 0.634. The number of aryl methyl sites for hydroxylation is 1. The average molecular weight is 472 g/mol. The molecule has 1 saturated heterocycles. The monoisotopic (exact) mass is 471 g/mol. The van der Waals surface area contributed by atoms with Gasteiger partial charge in [0.05, 0.1) is 6.20 Å². The van der Waals surface area contributed by atoms with Gasteiger partial charge >= 0.3 is 0 Å². The van der Waals surface area contributed by atoms with Gasteiger partial charge in [-0.25, -0.2) is 13.4 Å². The van der Waals surface area contributed by atoms with Crippen molar-refractivity contribution in [2.24, 2.45) is 13.0 Å². The van der Waals surface area contributed by atoms with Gasteiger partial charge in [-0.2, -0.15) is 14.4 Å². The summed E-state index contributed by atoms with van der Waals surface area (Å²) in [6, 6.07) is 3.59. The van der Waals surface area contributed by atoms with Crippen molar-refractivity contribution in [2.45, 2.75) is 56.0 Å². The number of hydrogen-bond donors (Lipinski definition) is 1. The number of anilines is 1. The van der Waals surface area contributed by atoms with Crippen LogP contribution >= 0.6 is 0 Å². The predicted molar refractivity (Wildman–Crippen MR) is 124 cm³/mol. The number of sulfonamides is 1. The minimum atomic E-state index is -3.54. The molecule has 3 aromatic rings. The maximum atomic E-state index is 12.8. The lowest BCUT2D eigenvalue weighted by molar-refractivity contribution is 0.329. The van der Waals surface area contributed by atoms with Crippen molar-refractivity contribution in [3.8, 4) is 0 Å². The van der Waals surface area contributed by atoms with E-state index in [2.05, 4.69) is 22.3 Å². The maximum absolute atomic E-state index is 12.8. The van der Waals surface area contributed by atoms with Crippen LogP contribution in [0.15, 0.2) is 40.4 Å². The Kier molecular flexibility index (Phi) is 5.69. The highest BCUT2D eigenvalue weighted by Gasteiger charge is 2.31. The minimum absolute atomic E-state index is 0.0279. The lowest BCUT2D eigenvalue weighted by Crippen LogP contribution is -2.42. The first-order valence-corrected chi connectivity index (χ1v) is 12.9. The fourth-order valence-corrected chi connectivity index (χ4v) is 6.50. The van der Waals surface area contributed by atoms with Gasteiger partial charge < -0.3 is 5.32 Å². The van der Waals surface area contributed by atoms with E-state index in [0.29, 0.717) is 43.4 Å². The Morgan fingerprint density at radius 2 is 1.88 bits per heavy atom. The normalized spacial score (nSPS) is 22.7. The molecule has 5 rings (SSSR count). The summed E-state index contributed by atoms with van der Waals surface area (Å²) in [7, 11) is -1.84. The van der Waals surface area contributed by atoms with E-state index < -0.39 is 10.0 Å². The average Bonchev–Trinajstić information content (AvgIpc) is 3.42. The molecule has 176 valence electrons. The molecule has 0 radical (unpaired) electrons. The summed E-state index contributed by atoms with van der Waals surface area (Å²) in [4.78, 5) is 22.1. The molecule has 0 aromatic carbocycles. The first-order valence-electron chi connectivity index (χ1n) is 11.5. The Morgan fingerprint density at radius 1 is 1.09 bits per heavy atom. The van der Waals surface area contributed by atoms with Gasteiger partial charge in [0.2, 0.25) is 16.0 Å². The minimum Gasteiger partial charge on any atom is -0.351 e. The zero-order valence-corrected chi connectivity index (χ0v) is 19.7. The maximum Gasteiger partial charge on any atom is 0.252 e. The molecule has 10 nitrogen and oxygen atoms in total. The van der Waals surface area contributed by atoms with Gasteiger partial charge in [-0.3, -0.25) is 14.0 Å². The molecule has 0 spiro atoms. The fraction of sp³-hybridized carbons (Fsp3) is 0.545. The third kappa shape index (κ3) is 4.15.